The lowest BCUT2D eigenvalue weighted by Crippen LogP contribution is -2.36. The average Bonchev–Trinajstić information content (AvgIpc) is 2.64. The second kappa shape index (κ2) is 5.43. The molecule has 8 heteroatoms. The molecule has 2 amide bonds. The van der Waals surface area contributed by atoms with E-state index in [2.05, 4.69) is 31.2 Å². The van der Waals surface area contributed by atoms with E-state index in [9.17, 15) is 4.79 Å². The van der Waals surface area contributed by atoms with Crippen LogP contribution in [0.15, 0.2) is 16.7 Å². The molecule has 2 heterocycles. The summed E-state index contributed by atoms with van der Waals surface area (Å²) in [4.78, 5) is 21.4. The van der Waals surface area contributed by atoms with Gasteiger partial charge in [-0.15, -0.1) is 0 Å². The zero-order chi connectivity index (χ0) is 14.0. The van der Waals surface area contributed by atoms with Crippen LogP contribution in [0.5, 0.6) is 0 Å². The summed E-state index contributed by atoms with van der Waals surface area (Å²) in [6.07, 6.45) is 1.69. The molecule has 19 heavy (non-hydrogen) atoms. The number of imidazole rings is 1. The molecule has 0 unspecified atom stereocenters. The number of anilines is 1. The minimum Gasteiger partial charge on any atom is -0.369 e. The first-order valence-electron chi connectivity index (χ1n) is 5.71. The van der Waals surface area contributed by atoms with Crippen LogP contribution in [0.1, 0.15) is 0 Å². The number of amides is 2. The molecule has 0 fully saturated rings. The van der Waals surface area contributed by atoms with Crippen LogP contribution in [0.2, 0.25) is 0 Å². The van der Waals surface area contributed by atoms with E-state index in [-0.39, 0.29) is 6.03 Å². The van der Waals surface area contributed by atoms with Crippen LogP contribution >= 0.6 is 15.9 Å². The summed E-state index contributed by atoms with van der Waals surface area (Å²) < 4.78 is 2.63. The number of hydrogen-bond donors (Lipinski definition) is 2. The molecule has 3 N–H and O–H groups in total. The van der Waals surface area contributed by atoms with Crippen LogP contribution in [0.3, 0.4) is 0 Å². The van der Waals surface area contributed by atoms with Gasteiger partial charge in [0, 0.05) is 37.9 Å². The van der Waals surface area contributed by atoms with Crippen molar-refractivity contribution >= 4 is 39.1 Å². The number of nitrogen functional groups attached to an aromatic ring is 1. The van der Waals surface area contributed by atoms with Gasteiger partial charge in [0.15, 0.2) is 5.65 Å². The molecule has 0 spiro atoms. The summed E-state index contributed by atoms with van der Waals surface area (Å²) in [7, 11) is 3.38. The van der Waals surface area contributed by atoms with E-state index in [0.29, 0.717) is 24.7 Å². The van der Waals surface area contributed by atoms with Gasteiger partial charge in [-0.1, -0.05) is 0 Å². The van der Waals surface area contributed by atoms with E-state index in [0.717, 1.165) is 9.99 Å². The molecule has 0 atom stereocenters. The van der Waals surface area contributed by atoms with Gasteiger partial charge in [0.2, 0.25) is 5.95 Å². The van der Waals surface area contributed by atoms with E-state index in [1.807, 2.05) is 6.07 Å². The highest BCUT2D eigenvalue weighted by molar-refractivity contribution is 9.10. The standard InChI is InChI=1S/C11H15BrN6O/c1-17(2)11(19)14-3-4-18-9-8(16-10(18)13)5-7(12)6-15-9/h5-6H,3-4H2,1-2H3,(H2,13,16)(H,14,19). The maximum absolute atomic E-state index is 11.4. The van der Waals surface area contributed by atoms with Crippen LogP contribution in [-0.4, -0.2) is 46.1 Å². The molecule has 2 rings (SSSR count). The van der Waals surface area contributed by atoms with Crippen molar-refractivity contribution in [2.45, 2.75) is 6.54 Å². The first-order chi connectivity index (χ1) is 8.99. The number of fused-ring (bicyclic) bond motifs is 1. The Morgan fingerprint density at radius 1 is 1.58 bits per heavy atom. The fourth-order valence-corrected chi connectivity index (χ4v) is 1.98. The first-order valence-corrected chi connectivity index (χ1v) is 6.50. The molecule has 2 aromatic heterocycles. The van der Waals surface area contributed by atoms with Crippen LogP contribution in [-0.2, 0) is 6.54 Å². The quantitative estimate of drug-likeness (QED) is 0.882. The Labute approximate surface area is 118 Å². The number of rotatable bonds is 3. The molecule has 0 aliphatic heterocycles. The lowest BCUT2D eigenvalue weighted by molar-refractivity contribution is 0.217. The number of pyridine rings is 1. The van der Waals surface area contributed by atoms with Gasteiger partial charge in [-0.2, -0.15) is 0 Å². The summed E-state index contributed by atoms with van der Waals surface area (Å²) in [6.45, 7) is 0.987. The Balaban J connectivity index is 2.12. The minimum atomic E-state index is -0.140. The highest BCUT2D eigenvalue weighted by atomic mass is 79.9. The van der Waals surface area contributed by atoms with Gasteiger partial charge in [0.05, 0.1) is 0 Å². The fraction of sp³-hybridized carbons (Fsp3) is 0.364. The predicted molar refractivity (Wildman–Crippen MR) is 76.7 cm³/mol. The maximum atomic E-state index is 11.4. The molecular formula is C11H15BrN6O. The Morgan fingerprint density at radius 2 is 2.32 bits per heavy atom. The Morgan fingerprint density at radius 3 is 3.00 bits per heavy atom. The zero-order valence-electron chi connectivity index (χ0n) is 10.7. The molecule has 0 aliphatic carbocycles. The summed E-state index contributed by atoms with van der Waals surface area (Å²) in [5, 5.41) is 2.77. The summed E-state index contributed by atoms with van der Waals surface area (Å²) >= 11 is 3.34. The second-order valence-electron chi connectivity index (χ2n) is 4.24. The number of aromatic nitrogens is 3. The van der Waals surface area contributed by atoms with Gasteiger partial charge in [-0.05, 0) is 22.0 Å². The van der Waals surface area contributed by atoms with Gasteiger partial charge in [-0.3, -0.25) is 4.57 Å². The lowest BCUT2D eigenvalue weighted by Gasteiger charge is -2.12. The number of carbonyl (C=O) groups is 1. The number of nitrogens with one attached hydrogen (secondary N) is 1. The Kier molecular flexibility index (Phi) is 3.89. The van der Waals surface area contributed by atoms with Gasteiger partial charge in [0.25, 0.3) is 0 Å². The number of nitrogens with two attached hydrogens (primary N) is 1. The number of hydrogen-bond acceptors (Lipinski definition) is 4. The molecule has 0 saturated carbocycles. The van der Waals surface area contributed by atoms with Gasteiger partial charge < -0.3 is 16.0 Å². The number of carbonyl (C=O) groups excluding carboxylic acids is 1. The van der Waals surface area contributed by atoms with Gasteiger partial charge >= 0.3 is 6.03 Å². The van der Waals surface area contributed by atoms with Crippen LogP contribution in [0.25, 0.3) is 11.2 Å². The largest absolute Gasteiger partial charge is 0.369 e. The van der Waals surface area contributed by atoms with Gasteiger partial charge in [0.1, 0.15) is 5.52 Å². The molecule has 7 nitrogen and oxygen atoms in total. The fourth-order valence-electron chi connectivity index (χ4n) is 1.66. The van der Waals surface area contributed by atoms with E-state index in [1.54, 1.807) is 24.9 Å². The van der Waals surface area contributed by atoms with E-state index < -0.39 is 0 Å². The topological polar surface area (TPSA) is 89.1 Å². The minimum absolute atomic E-state index is 0.140. The van der Waals surface area contributed by atoms with Gasteiger partial charge in [-0.25, -0.2) is 14.8 Å². The van der Waals surface area contributed by atoms with Crippen molar-refractivity contribution in [2.24, 2.45) is 0 Å². The molecule has 0 aromatic carbocycles. The van der Waals surface area contributed by atoms with Crippen molar-refractivity contribution in [1.29, 1.82) is 0 Å². The molecule has 2 aromatic rings. The van der Waals surface area contributed by atoms with Crippen molar-refractivity contribution in [3.05, 3.63) is 16.7 Å². The van der Waals surface area contributed by atoms with E-state index >= 15 is 0 Å². The smallest absolute Gasteiger partial charge is 0.316 e. The molecular weight excluding hydrogens is 312 g/mol. The molecule has 0 saturated heterocycles. The first kappa shape index (κ1) is 13.6. The van der Waals surface area contributed by atoms with Crippen molar-refractivity contribution in [3.63, 3.8) is 0 Å². The SMILES string of the molecule is CN(C)C(=O)NCCn1c(N)nc2cc(Br)cnc21. The maximum Gasteiger partial charge on any atom is 0.316 e. The molecule has 0 bridgehead atoms. The molecule has 0 aliphatic rings. The predicted octanol–water partition coefficient (Wildman–Crippen LogP) is 1.05. The summed E-state index contributed by atoms with van der Waals surface area (Å²) in [5.41, 5.74) is 7.29. The lowest BCUT2D eigenvalue weighted by atomic mass is 10.4. The monoisotopic (exact) mass is 326 g/mol. The highest BCUT2D eigenvalue weighted by Gasteiger charge is 2.10. The van der Waals surface area contributed by atoms with E-state index in [1.165, 1.54) is 4.90 Å². The Hall–Kier alpha value is -1.83. The van der Waals surface area contributed by atoms with Crippen molar-refractivity contribution in [3.8, 4) is 0 Å². The second-order valence-corrected chi connectivity index (χ2v) is 5.16. The van der Waals surface area contributed by atoms with Crippen LogP contribution in [0.4, 0.5) is 10.7 Å². The Bertz CT molecular complexity index is 608. The third kappa shape index (κ3) is 2.95. The number of halogens is 1. The third-order valence-electron chi connectivity index (χ3n) is 2.60. The number of nitrogens with zero attached hydrogens (tertiary/aromatic N) is 4. The summed E-state index contributed by atoms with van der Waals surface area (Å²) in [6, 6.07) is 1.71. The molecule has 0 radical (unpaired) electrons. The van der Waals surface area contributed by atoms with Crippen LogP contribution < -0.4 is 11.1 Å². The normalized spacial score (nSPS) is 10.7. The van der Waals surface area contributed by atoms with Crippen molar-refractivity contribution in [2.75, 3.05) is 26.4 Å². The van der Waals surface area contributed by atoms with Crippen LogP contribution in [0, 0.1) is 0 Å². The number of urea groups is 1. The summed E-state index contributed by atoms with van der Waals surface area (Å²) in [5.74, 6) is 0.389. The zero-order valence-corrected chi connectivity index (χ0v) is 12.3. The third-order valence-corrected chi connectivity index (χ3v) is 3.03. The van der Waals surface area contributed by atoms with Crippen molar-refractivity contribution in [1.82, 2.24) is 24.8 Å². The van der Waals surface area contributed by atoms with Crippen molar-refractivity contribution < 1.29 is 4.79 Å². The van der Waals surface area contributed by atoms with E-state index in [4.69, 9.17) is 5.73 Å². The molecule has 102 valence electrons. The average molecular weight is 327 g/mol. The highest BCUT2D eigenvalue weighted by Crippen LogP contribution is 2.19.